The van der Waals surface area contributed by atoms with Gasteiger partial charge in [0, 0.05) is 37.4 Å². The number of carbonyl (C=O) groups is 1. The first kappa shape index (κ1) is 14.9. The third kappa shape index (κ3) is 3.98. The average molecular weight is 305 g/mol. The summed E-state index contributed by atoms with van der Waals surface area (Å²) in [5.74, 6) is 0. The highest BCUT2D eigenvalue weighted by atomic mass is 32.2. The summed E-state index contributed by atoms with van der Waals surface area (Å²) < 4.78 is 9.59. The Balaban J connectivity index is 1.93. The lowest BCUT2D eigenvalue weighted by Crippen LogP contribution is -2.16. The van der Waals surface area contributed by atoms with Gasteiger partial charge in [-0.2, -0.15) is 9.36 Å². The van der Waals surface area contributed by atoms with E-state index in [9.17, 15) is 4.79 Å². The molecule has 8 heteroatoms. The predicted octanol–water partition coefficient (Wildman–Crippen LogP) is 1.68. The zero-order valence-corrected chi connectivity index (χ0v) is 12.7. The van der Waals surface area contributed by atoms with Crippen LogP contribution in [-0.2, 0) is 6.61 Å². The van der Waals surface area contributed by atoms with Crippen molar-refractivity contribution in [3.63, 3.8) is 0 Å². The molecule has 0 fully saturated rings. The number of hydrogen-bond donors (Lipinski definition) is 0. The molecule has 2 aromatic rings. The average Bonchev–Trinajstić information content (AvgIpc) is 2.85. The second-order valence-corrected chi connectivity index (χ2v) is 5.73. The van der Waals surface area contributed by atoms with Gasteiger partial charge in [-0.3, -0.25) is 4.79 Å². The minimum absolute atomic E-state index is 0.123. The second kappa shape index (κ2) is 6.76. The van der Waals surface area contributed by atoms with Gasteiger partial charge in [-0.25, -0.2) is 0 Å². The lowest BCUT2D eigenvalue weighted by Gasteiger charge is -2.06. The van der Waals surface area contributed by atoms with Crippen molar-refractivity contribution in [1.29, 1.82) is 0 Å². The third-order valence-electron chi connectivity index (χ3n) is 2.34. The Morgan fingerprint density at radius 2 is 2.20 bits per heavy atom. The van der Waals surface area contributed by atoms with Crippen molar-refractivity contribution in [2.24, 2.45) is 0 Å². The molecule has 102 valence electrons. The number of benzene rings is 1. The van der Waals surface area contributed by atoms with Crippen LogP contribution in [0.2, 0.25) is 0 Å². The summed E-state index contributed by atoms with van der Waals surface area (Å²) in [6, 6.07) is 7.47. The summed E-state index contributed by atoms with van der Waals surface area (Å²) in [6.45, 7) is 0.327. The Bertz CT molecular complexity index is 604. The highest BCUT2D eigenvalue weighted by Crippen LogP contribution is 2.23. The first-order valence-electron chi connectivity index (χ1n) is 5.75. The standard InChI is InChI=1S/C12H12BN3O2S2/c1-16(2)12(17)19-10-14-11(20-15-10)18-7-8-5-3-4-6-9(8)13/h3-6H,7H2,1-2H3. The summed E-state index contributed by atoms with van der Waals surface area (Å²) in [6.07, 6.45) is 0. The highest BCUT2D eigenvalue weighted by Gasteiger charge is 2.12. The van der Waals surface area contributed by atoms with Crippen LogP contribution in [0.5, 0.6) is 5.19 Å². The van der Waals surface area contributed by atoms with Gasteiger partial charge in [0.1, 0.15) is 14.5 Å². The van der Waals surface area contributed by atoms with Crippen molar-refractivity contribution in [2.45, 2.75) is 11.8 Å². The van der Waals surface area contributed by atoms with E-state index < -0.39 is 0 Å². The van der Waals surface area contributed by atoms with Gasteiger partial charge in [-0.15, -0.1) is 0 Å². The van der Waals surface area contributed by atoms with E-state index >= 15 is 0 Å². The van der Waals surface area contributed by atoms with Crippen molar-refractivity contribution in [2.75, 3.05) is 14.1 Å². The first-order valence-corrected chi connectivity index (χ1v) is 7.34. The monoisotopic (exact) mass is 305 g/mol. The molecule has 0 saturated heterocycles. The summed E-state index contributed by atoms with van der Waals surface area (Å²) in [5, 5.41) is 0.689. The molecule has 1 aromatic carbocycles. The number of ether oxygens (including phenoxy) is 1. The molecule has 0 bridgehead atoms. The van der Waals surface area contributed by atoms with E-state index in [0.29, 0.717) is 22.4 Å². The van der Waals surface area contributed by atoms with Crippen LogP contribution in [0, 0.1) is 0 Å². The quantitative estimate of drug-likeness (QED) is 0.635. The van der Waals surface area contributed by atoms with Crippen molar-refractivity contribution >= 4 is 41.8 Å². The number of nitrogens with zero attached hydrogens (tertiary/aromatic N) is 3. The van der Waals surface area contributed by atoms with Gasteiger partial charge in [0.15, 0.2) is 0 Å². The largest absolute Gasteiger partial charge is 0.464 e. The van der Waals surface area contributed by atoms with Crippen LogP contribution in [0.15, 0.2) is 29.4 Å². The Morgan fingerprint density at radius 3 is 2.90 bits per heavy atom. The number of aromatic nitrogens is 2. The molecule has 2 radical (unpaired) electrons. The first-order chi connectivity index (χ1) is 9.56. The normalized spacial score (nSPS) is 10.3. The molecule has 1 heterocycles. The fraction of sp³-hybridized carbons (Fsp3) is 0.250. The molecule has 0 atom stereocenters. The number of thioether (sulfide) groups is 1. The Hall–Kier alpha value is -1.54. The van der Waals surface area contributed by atoms with Crippen molar-refractivity contribution < 1.29 is 9.53 Å². The summed E-state index contributed by atoms with van der Waals surface area (Å²) >= 11 is 2.08. The van der Waals surface area contributed by atoms with Crippen LogP contribution in [0.25, 0.3) is 0 Å². The third-order valence-corrected chi connectivity index (χ3v) is 3.99. The summed E-state index contributed by atoms with van der Waals surface area (Å²) in [7, 11) is 9.18. The van der Waals surface area contributed by atoms with E-state index in [2.05, 4.69) is 9.36 Å². The molecule has 0 unspecified atom stereocenters. The fourth-order valence-electron chi connectivity index (χ4n) is 1.27. The Kier molecular flexibility index (Phi) is 5.02. The smallest absolute Gasteiger partial charge is 0.294 e. The van der Waals surface area contributed by atoms with Gasteiger partial charge in [0.2, 0.25) is 5.16 Å². The van der Waals surface area contributed by atoms with Crippen LogP contribution in [-0.4, -0.2) is 41.4 Å². The van der Waals surface area contributed by atoms with Crippen molar-refractivity contribution in [1.82, 2.24) is 14.3 Å². The molecular formula is C12H12BN3O2S2. The van der Waals surface area contributed by atoms with E-state index in [1.165, 1.54) is 4.90 Å². The zero-order chi connectivity index (χ0) is 14.5. The summed E-state index contributed by atoms with van der Waals surface area (Å²) in [5.41, 5.74) is 1.57. The van der Waals surface area contributed by atoms with Gasteiger partial charge in [0.25, 0.3) is 10.4 Å². The van der Waals surface area contributed by atoms with E-state index in [-0.39, 0.29) is 5.24 Å². The van der Waals surface area contributed by atoms with Gasteiger partial charge in [0.05, 0.1) is 0 Å². The number of carbonyl (C=O) groups excluding carboxylic acids is 1. The molecule has 0 aliphatic carbocycles. The van der Waals surface area contributed by atoms with Crippen LogP contribution >= 0.6 is 23.3 Å². The van der Waals surface area contributed by atoms with Crippen LogP contribution < -0.4 is 10.2 Å². The number of amides is 1. The topological polar surface area (TPSA) is 55.3 Å². The zero-order valence-electron chi connectivity index (χ0n) is 11.1. The molecule has 0 aliphatic rings. The van der Waals surface area contributed by atoms with Gasteiger partial charge < -0.3 is 9.64 Å². The predicted molar refractivity (Wildman–Crippen MR) is 81.0 cm³/mol. The van der Waals surface area contributed by atoms with Crippen LogP contribution in [0.1, 0.15) is 5.56 Å². The molecule has 5 nitrogen and oxygen atoms in total. The minimum Gasteiger partial charge on any atom is -0.464 e. The number of hydrogen-bond acceptors (Lipinski definition) is 6. The molecule has 0 aliphatic heterocycles. The van der Waals surface area contributed by atoms with E-state index in [0.717, 1.165) is 28.9 Å². The maximum Gasteiger partial charge on any atom is 0.294 e. The molecule has 0 N–H and O–H groups in total. The summed E-state index contributed by atoms with van der Waals surface area (Å²) in [4.78, 5) is 17.1. The fourth-order valence-corrected chi connectivity index (χ4v) is 2.49. The lowest BCUT2D eigenvalue weighted by atomic mass is 9.91. The molecular weight excluding hydrogens is 293 g/mol. The van der Waals surface area contributed by atoms with Crippen molar-refractivity contribution in [3.05, 3.63) is 29.8 Å². The van der Waals surface area contributed by atoms with Crippen LogP contribution in [0.3, 0.4) is 0 Å². The molecule has 0 spiro atoms. The minimum atomic E-state index is -0.123. The number of rotatable bonds is 4. The molecule has 2 rings (SSSR count). The van der Waals surface area contributed by atoms with Gasteiger partial charge in [-0.05, 0) is 5.56 Å². The van der Waals surface area contributed by atoms with Crippen molar-refractivity contribution in [3.8, 4) is 5.19 Å². The maximum absolute atomic E-state index is 11.5. The lowest BCUT2D eigenvalue weighted by molar-refractivity contribution is 0.241. The maximum atomic E-state index is 11.5. The van der Waals surface area contributed by atoms with E-state index in [4.69, 9.17) is 12.6 Å². The van der Waals surface area contributed by atoms with E-state index in [1.807, 2.05) is 24.3 Å². The van der Waals surface area contributed by atoms with E-state index in [1.54, 1.807) is 14.1 Å². The second-order valence-electron chi connectivity index (χ2n) is 4.09. The van der Waals surface area contributed by atoms with Crippen LogP contribution in [0.4, 0.5) is 4.79 Å². The molecule has 1 amide bonds. The van der Waals surface area contributed by atoms with Gasteiger partial charge >= 0.3 is 0 Å². The SMILES string of the molecule is [B]c1ccccc1COc1nc(SC(=O)N(C)C)ns1. The Morgan fingerprint density at radius 1 is 1.45 bits per heavy atom. The molecule has 1 aromatic heterocycles. The highest BCUT2D eigenvalue weighted by molar-refractivity contribution is 8.13. The Labute approximate surface area is 126 Å². The van der Waals surface area contributed by atoms with Gasteiger partial charge in [-0.1, -0.05) is 29.7 Å². The molecule has 20 heavy (non-hydrogen) atoms. The molecule has 0 saturated carbocycles.